The van der Waals surface area contributed by atoms with E-state index in [2.05, 4.69) is 10.2 Å². The van der Waals surface area contributed by atoms with Crippen LogP contribution < -0.4 is 5.32 Å². The Balaban J connectivity index is 2.00. The summed E-state index contributed by atoms with van der Waals surface area (Å²) in [6.45, 7) is 0. The quantitative estimate of drug-likeness (QED) is 0.576. The number of halogens is 8. The van der Waals surface area contributed by atoms with Crippen LogP contribution in [0.4, 0.5) is 40.8 Å². The minimum absolute atomic E-state index is 0.285. The lowest BCUT2D eigenvalue weighted by molar-refractivity contribution is -0.142. The number of hydrogen-bond donors (Lipinski definition) is 1. The molecule has 0 saturated carbocycles. The first kappa shape index (κ1) is 22.2. The molecule has 0 fully saturated rings. The van der Waals surface area contributed by atoms with E-state index >= 15 is 0 Å². The van der Waals surface area contributed by atoms with Crippen molar-refractivity contribution in [2.75, 3.05) is 5.32 Å². The summed E-state index contributed by atoms with van der Waals surface area (Å²) in [4.78, 5) is 12.3. The summed E-state index contributed by atoms with van der Waals surface area (Å²) in [5.41, 5.74) is -5.40. The molecule has 1 amide bonds. The number of hydrogen-bond acceptors (Lipinski definition) is 3. The molecule has 14 heteroatoms. The van der Waals surface area contributed by atoms with Crippen LogP contribution in [0.2, 0.25) is 0 Å². The minimum Gasteiger partial charge on any atom is -0.319 e. The van der Waals surface area contributed by atoms with Gasteiger partial charge in [-0.15, -0.1) is 0 Å². The molecule has 6 nitrogen and oxygen atoms in total. The summed E-state index contributed by atoms with van der Waals surface area (Å²) < 4.78 is 106. The molecule has 0 spiro atoms. The summed E-state index contributed by atoms with van der Waals surface area (Å²) in [5, 5.41) is 8.74. The molecule has 2 heterocycles. The Bertz CT molecular complexity index is 1100. The van der Waals surface area contributed by atoms with Gasteiger partial charge in [-0.1, -0.05) is 0 Å². The van der Waals surface area contributed by atoms with Gasteiger partial charge < -0.3 is 5.32 Å². The average molecular weight is 453 g/mol. The van der Waals surface area contributed by atoms with Crippen molar-refractivity contribution in [1.29, 1.82) is 0 Å². The van der Waals surface area contributed by atoms with Crippen LogP contribution in [0.25, 0.3) is 5.69 Å². The lowest BCUT2D eigenvalue weighted by Crippen LogP contribution is -2.19. The fourth-order valence-electron chi connectivity index (χ4n) is 2.73. The van der Waals surface area contributed by atoms with E-state index in [9.17, 15) is 39.9 Å². The number of anilines is 1. The molecule has 3 aromatic rings. The molecular formula is C17H11F8N5O. The summed E-state index contributed by atoms with van der Waals surface area (Å²) in [5.74, 6) is -1.29. The molecule has 0 radical (unpaired) electrons. The van der Waals surface area contributed by atoms with Gasteiger partial charge in [0.1, 0.15) is 5.69 Å². The molecule has 1 N–H and O–H groups in total. The molecule has 0 unspecified atom stereocenters. The standard InChI is InChI=1S/C17H11F8N5O/c1-29-7-10(12(28-29)14(18)19)15(31)27-11-6-26-30(13(11)17(23,24)25)9-4-2-8(3-5-9)16(20,21)22/h2-7,14H,1H3,(H,27,31). The third kappa shape index (κ3) is 4.51. The maximum Gasteiger partial charge on any atom is 0.435 e. The number of nitrogens with one attached hydrogen (secondary N) is 1. The Morgan fingerprint density at radius 1 is 1.03 bits per heavy atom. The van der Waals surface area contributed by atoms with Gasteiger partial charge in [0, 0.05) is 13.2 Å². The summed E-state index contributed by atoms with van der Waals surface area (Å²) in [6, 6.07) is 2.68. The van der Waals surface area contributed by atoms with Gasteiger partial charge in [-0.05, 0) is 24.3 Å². The molecule has 1 aromatic carbocycles. The van der Waals surface area contributed by atoms with Crippen LogP contribution in [0.15, 0.2) is 36.7 Å². The second-order valence-electron chi connectivity index (χ2n) is 6.22. The summed E-state index contributed by atoms with van der Waals surface area (Å²) >= 11 is 0. The number of rotatable bonds is 4. The third-order valence-corrected chi connectivity index (χ3v) is 4.03. The SMILES string of the molecule is Cn1cc(C(=O)Nc2cnn(-c3ccc(C(F)(F)F)cc3)c2C(F)(F)F)c(C(F)F)n1. The van der Waals surface area contributed by atoms with E-state index in [-0.39, 0.29) is 10.4 Å². The van der Waals surface area contributed by atoms with Crippen LogP contribution in [0, 0.1) is 0 Å². The number of nitrogens with zero attached hydrogens (tertiary/aromatic N) is 4. The molecule has 0 aliphatic carbocycles. The molecule has 3 rings (SSSR count). The van der Waals surface area contributed by atoms with Crippen LogP contribution in [0.5, 0.6) is 0 Å². The Hall–Kier alpha value is -3.45. The zero-order valence-electron chi connectivity index (χ0n) is 15.3. The first-order valence-electron chi connectivity index (χ1n) is 8.25. The van der Waals surface area contributed by atoms with Crippen LogP contribution in [-0.2, 0) is 19.4 Å². The molecule has 2 aromatic heterocycles. The largest absolute Gasteiger partial charge is 0.435 e. The van der Waals surface area contributed by atoms with Gasteiger partial charge in [0.25, 0.3) is 12.3 Å². The van der Waals surface area contributed by atoms with Gasteiger partial charge in [0.2, 0.25) is 0 Å². The molecule has 166 valence electrons. The highest BCUT2D eigenvalue weighted by atomic mass is 19.4. The van der Waals surface area contributed by atoms with Gasteiger partial charge in [-0.2, -0.15) is 36.5 Å². The normalized spacial score (nSPS) is 12.5. The molecular weight excluding hydrogens is 442 g/mol. The Morgan fingerprint density at radius 3 is 2.16 bits per heavy atom. The highest BCUT2D eigenvalue weighted by molar-refractivity contribution is 6.05. The Labute approximate surface area is 168 Å². The number of amides is 1. The van der Waals surface area contributed by atoms with Crippen molar-refractivity contribution in [1.82, 2.24) is 19.6 Å². The van der Waals surface area contributed by atoms with Crippen LogP contribution in [-0.4, -0.2) is 25.5 Å². The Kier molecular flexibility index (Phi) is 5.50. The first-order valence-corrected chi connectivity index (χ1v) is 8.25. The third-order valence-electron chi connectivity index (χ3n) is 4.03. The maximum atomic E-state index is 13.6. The topological polar surface area (TPSA) is 64.7 Å². The van der Waals surface area contributed by atoms with Crippen molar-refractivity contribution in [3.05, 3.63) is 59.2 Å². The first-order chi connectivity index (χ1) is 14.3. The highest BCUT2D eigenvalue weighted by Gasteiger charge is 2.40. The molecule has 0 atom stereocenters. The van der Waals surface area contributed by atoms with E-state index in [1.54, 1.807) is 0 Å². The van der Waals surface area contributed by atoms with Crippen molar-refractivity contribution in [3.63, 3.8) is 0 Å². The summed E-state index contributed by atoms with van der Waals surface area (Å²) in [6.07, 6.45) is -11.4. The second-order valence-corrected chi connectivity index (χ2v) is 6.22. The predicted molar refractivity (Wildman–Crippen MR) is 89.7 cm³/mol. The van der Waals surface area contributed by atoms with E-state index in [0.717, 1.165) is 23.0 Å². The smallest absolute Gasteiger partial charge is 0.319 e. The lowest BCUT2D eigenvalue weighted by atomic mass is 10.2. The van der Waals surface area contributed by atoms with E-state index in [1.807, 2.05) is 5.32 Å². The fraction of sp³-hybridized carbons (Fsp3) is 0.235. The van der Waals surface area contributed by atoms with Gasteiger partial charge >= 0.3 is 12.4 Å². The van der Waals surface area contributed by atoms with Crippen molar-refractivity contribution < 1.29 is 39.9 Å². The van der Waals surface area contributed by atoms with Crippen LogP contribution in [0.3, 0.4) is 0 Å². The second kappa shape index (κ2) is 7.67. The number of carbonyl (C=O) groups excluding carboxylic acids is 1. The van der Waals surface area contributed by atoms with Crippen LogP contribution in [0.1, 0.15) is 33.7 Å². The van der Waals surface area contributed by atoms with E-state index in [4.69, 9.17) is 0 Å². The van der Waals surface area contributed by atoms with Crippen molar-refractivity contribution in [2.24, 2.45) is 7.05 Å². The molecule has 0 saturated heterocycles. The monoisotopic (exact) mass is 453 g/mol. The molecule has 0 aliphatic heterocycles. The molecule has 0 bridgehead atoms. The van der Waals surface area contributed by atoms with Gasteiger partial charge in [0.15, 0.2) is 5.69 Å². The number of aryl methyl sites for hydroxylation is 1. The number of aromatic nitrogens is 4. The highest BCUT2D eigenvalue weighted by Crippen LogP contribution is 2.37. The van der Waals surface area contributed by atoms with E-state index in [1.165, 1.54) is 7.05 Å². The minimum atomic E-state index is -5.09. The number of alkyl halides is 8. The van der Waals surface area contributed by atoms with E-state index in [0.29, 0.717) is 18.3 Å². The zero-order chi connectivity index (χ0) is 23.1. The number of carbonyl (C=O) groups is 1. The van der Waals surface area contributed by atoms with Crippen LogP contribution >= 0.6 is 0 Å². The predicted octanol–water partition coefficient (Wildman–Crippen LogP) is 4.83. The lowest BCUT2D eigenvalue weighted by Gasteiger charge is -2.14. The van der Waals surface area contributed by atoms with Crippen molar-refractivity contribution in [3.8, 4) is 5.69 Å². The zero-order valence-corrected chi connectivity index (χ0v) is 15.3. The average Bonchev–Trinajstić information content (AvgIpc) is 3.24. The summed E-state index contributed by atoms with van der Waals surface area (Å²) in [7, 11) is 1.24. The number of benzene rings is 1. The fourth-order valence-corrected chi connectivity index (χ4v) is 2.73. The van der Waals surface area contributed by atoms with Gasteiger partial charge in [0.05, 0.1) is 28.7 Å². The van der Waals surface area contributed by atoms with Gasteiger partial charge in [-0.25, -0.2) is 13.5 Å². The maximum absolute atomic E-state index is 13.6. The molecule has 31 heavy (non-hydrogen) atoms. The van der Waals surface area contributed by atoms with Crippen molar-refractivity contribution >= 4 is 11.6 Å². The van der Waals surface area contributed by atoms with Gasteiger partial charge in [-0.3, -0.25) is 9.48 Å². The Morgan fingerprint density at radius 2 is 1.65 bits per heavy atom. The van der Waals surface area contributed by atoms with Crippen molar-refractivity contribution in [2.45, 2.75) is 18.8 Å². The molecule has 0 aliphatic rings. The van der Waals surface area contributed by atoms with E-state index < -0.39 is 52.9 Å².